The van der Waals surface area contributed by atoms with E-state index >= 15 is 0 Å². The first-order chi connectivity index (χ1) is 8.19. The van der Waals surface area contributed by atoms with Gasteiger partial charge in [0.05, 0.1) is 0 Å². The predicted molar refractivity (Wildman–Crippen MR) is 69.9 cm³/mol. The number of hydrogen-bond acceptors (Lipinski definition) is 2. The molecule has 0 aliphatic heterocycles. The fourth-order valence-corrected chi connectivity index (χ4v) is 2.57. The molecule has 0 atom stereocenters. The Balaban J connectivity index is 2.26. The van der Waals surface area contributed by atoms with Gasteiger partial charge in [0, 0.05) is 21.4 Å². The molecule has 2 aromatic rings. The summed E-state index contributed by atoms with van der Waals surface area (Å²) in [4.78, 5) is 2.02. The molecule has 17 heavy (non-hydrogen) atoms. The van der Waals surface area contributed by atoms with Crippen LogP contribution >= 0.6 is 23.4 Å². The number of rotatable bonds is 3. The number of hydrogen-bond donors (Lipinski definition) is 1. The van der Waals surface area contributed by atoms with Gasteiger partial charge in [-0.3, -0.25) is 0 Å². The van der Waals surface area contributed by atoms with Crippen LogP contribution in [0.4, 0.5) is 4.39 Å². The lowest BCUT2D eigenvalue weighted by Crippen LogP contribution is -1.98. The van der Waals surface area contributed by atoms with Crippen molar-refractivity contribution in [3.05, 3.63) is 58.9 Å². The molecule has 0 bridgehead atoms. The van der Waals surface area contributed by atoms with E-state index < -0.39 is 0 Å². The summed E-state index contributed by atoms with van der Waals surface area (Å²) in [7, 11) is 0. The van der Waals surface area contributed by atoms with Crippen molar-refractivity contribution >= 4 is 23.4 Å². The molecule has 2 aromatic carbocycles. The SMILES string of the molecule is NCc1cc(Cl)ccc1Sc1ccc(F)cc1. The molecule has 0 saturated heterocycles. The lowest BCUT2D eigenvalue weighted by molar-refractivity contribution is 0.626. The summed E-state index contributed by atoms with van der Waals surface area (Å²) in [5.41, 5.74) is 6.66. The molecule has 0 heterocycles. The van der Waals surface area contributed by atoms with Gasteiger partial charge in [-0.25, -0.2) is 4.39 Å². The molecule has 0 aliphatic carbocycles. The monoisotopic (exact) mass is 267 g/mol. The fraction of sp³-hybridized carbons (Fsp3) is 0.0769. The number of halogens is 2. The third-order valence-electron chi connectivity index (χ3n) is 2.28. The van der Waals surface area contributed by atoms with Crippen molar-refractivity contribution in [3.8, 4) is 0 Å². The minimum Gasteiger partial charge on any atom is -0.326 e. The first-order valence-electron chi connectivity index (χ1n) is 5.11. The molecule has 4 heteroatoms. The second-order valence-electron chi connectivity index (χ2n) is 3.51. The highest BCUT2D eigenvalue weighted by molar-refractivity contribution is 7.99. The molecule has 1 nitrogen and oxygen atoms in total. The van der Waals surface area contributed by atoms with Crippen LogP contribution in [0.25, 0.3) is 0 Å². The van der Waals surface area contributed by atoms with Gasteiger partial charge in [-0.1, -0.05) is 23.4 Å². The van der Waals surface area contributed by atoms with Crippen LogP contribution < -0.4 is 5.73 Å². The summed E-state index contributed by atoms with van der Waals surface area (Å²) < 4.78 is 12.8. The van der Waals surface area contributed by atoms with Gasteiger partial charge >= 0.3 is 0 Å². The van der Waals surface area contributed by atoms with Crippen molar-refractivity contribution in [1.82, 2.24) is 0 Å². The summed E-state index contributed by atoms with van der Waals surface area (Å²) >= 11 is 7.46. The van der Waals surface area contributed by atoms with Crippen molar-refractivity contribution in [2.75, 3.05) is 0 Å². The van der Waals surface area contributed by atoms with Crippen molar-refractivity contribution in [1.29, 1.82) is 0 Å². The van der Waals surface area contributed by atoms with Gasteiger partial charge in [0.1, 0.15) is 5.82 Å². The Morgan fingerprint density at radius 1 is 1.12 bits per heavy atom. The molecule has 0 unspecified atom stereocenters. The summed E-state index contributed by atoms with van der Waals surface area (Å²) in [6, 6.07) is 12.0. The first kappa shape index (κ1) is 12.4. The molecule has 0 spiro atoms. The smallest absolute Gasteiger partial charge is 0.123 e. The van der Waals surface area contributed by atoms with Gasteiger partial charge in [0.2, 0.25) is 0 Å². The highest BCUT2D eigenvalue weighted by Crippen LogP contribution is 2.31. The first-order valence-corrected chi connectivity index (χ1v) is 6.30. The van der Waals surface area contributed by atoms with Crippen LogP contribution in [-0.2, 0) is 6.54 Å². The van der Waals surface area contributed by atoms with E-state index in [2.05, 4.69) is 0 Å². The van der Waals surface area contributed by atoms with E-state index in [1.165, 1.54) is 12.1 Å². The standard InChI is InChI=1S/C13H11ClFNS/c14-10-1-6-13(9(7-10)8-16)17-12-4-2-11(15)3-5-12/h1-7H,8,16H2. The van der Waals surface area contributed by atoms with Gasteiger partial charge in [0.25, 0.3) is 0 Å². The van der Waals surface area contributed by atoms with Crippen molar-refractivity contribution in [2.24, 2.45) is 5.73 Å². The van der Waals surface area contributed by atoms with Gasteiger partial charge in [-0.15, -0.1) is 0 Å². The zero-order valence-electron chi connectivity index (χ0n) is 8.99. The van der Waals surface area contributed by atoms with Gasteiger partial charge in [-0.2, -0.15) is 0 Å². The quantitative estimate of drug-likeness (QED) is 0.906. The van der Waals surface area contributed by atoms with E-state index in [0.717, 1.165) is 15.4 Å². The van der Waals surface area contributed by atoms with E-state index in [1.54, 1.807) is 23.9 Å². The van der Waals surface area contributed by atoms with E-state index in [4.69, 9.17) is 17.3 Å². The molecule has 0 amide bonds. The van der Waals surface area contributed by atoms with E-state index in [-0.39, 0.29) is 5.82 Å². The zero-order valence-corrected chi connectivity index (χ0v) is 10.6. The zero-order chi connectivity index (χ0) is 12.3. The van der Waals surface area contributed by atoms with E-state index in [9.17, 15) is 4.39 Å². The molecule has 0 aliphatic rings. The minimum atomic E-state index is -0.232. The van der Waals surface area contributed by atoms with Crippen LogP contribution in [0.15, 0.2) is 52.3 Å². The molecular formula is C13H11ClFNS. The topological polar surface area (TPSA) is 26.0 Å². The van der Waals surface area contributed by atoms with Crippen LogP contribution in [0.5, 0.6) is 0 Å². The number of nitrogens with two attached hydrogens (primary N) is 1. The average molecular weight is 268 g/mol. The van der Waals surface area contributed by atoms with Gasteiger partial charge in [-0.05, 0) is 48.0 Å². The second-order valence-corrected chi connectivity index (χ2v) is 5.06. The lowest BCUT2D eigenvalue weighted by atomic mass is 10.2. The van der Waals surface area contributed by atoms with Crippen LogP contribution in [0.3, 0.4) is 0 Å². The second kappa shape index (κ2) is 5.54. The largest absolute Gasteiger partial charge is 0.326 e. The van der Waals surface area contributed by atoms with Crippen LogP contribution in [0.2, 0.25) is 5.02 Å². The van der Waals surface area contributed by atoms with E-state index in [0.29, 0.717) is 11.6 Å². The van der Waals surface area contributed by atoms with E-state index in [1.807, 2.05) is 18.2 Å². The molecule has 0 saturated carbocycles. The Morgan fingerprint density at radius 2 is 1.82 bits per heavy atom. The van der Waals surface area contributed by atoms with Gasteiger partial charge < -0.3 is 5.73 Å². The molecule has 2 N–H and O–H groups in total. The maximum atomic E-state index is 12.8. The summed E-state index contributed by atoms with van der Waals surface area (Å²) in [5, 5.41) is 0.675. The normalized spacial score (nSPS) is 10.5. The molecular weight excluding hydrogens is 257 g/mol. The fourth-order valence-electron chi connectivity index (χ4n) is 1.44. The van der Waals surface area contributed by atoms with Crippen LogP contribution in [-0.4, -0.2) is 0 Å². The molecule has 0 radical (unpaired) electrons. The molecule has 88 valence electrons. The Bertz CT molecular complexity index is 513. The Morgan fingerprint density at radius 3 is 2.47 bits per heavy atom. The molecule has 2 rings (SSSR count). The maximum absolute atomic E-state index is 12.8. The predicted octanol–water partition coefficient (Wildman–Crippen LogP) is 4.09. The van der Waals surface area contributed by atoms with Crippen molar-refractivity contribution in [3.63, 3.8) is 0 Å². The van der Waals surface area contributed by atoms with Crippen molar-refractivity contribution < 1.29 is 4.39 Å². The van der Waals surface area contributed by atoms with Crippen molar-refractivity contribution in [2.45, 2.75) is 16.3 Å². The van der Waals surface area contributed by atoms with Crippen LogP contribution in [0.1, 0.15) is 5.56 Å². The average Bonchev–Trinajstić information content (AvgIpc) is 2.34. The summed E-state index contributed by atoms with van der Waals surface area (Å²) in [6.07, 6.45) is 0. The Hall–Kier alpha value is -1.03. The highest BCUT2D eigenvalue weighted by Gasteiger charge is 2.04. The number of benzene rings is 2. The molecule has 0 fully saturated rings. The maximum Gasteiger partial charge on any atom is 0.123 e. The summed E-state index contributed by atoms with van der Waals surface area (Å²) in [5.74, 6) is -0.232. The minimum absolute atomic E-state index is 0.232. The Labute approximate surface area is 109 Å². The third-order valence-corrected chi connectivity index (χ3v) is 3.65. The highest BCUT2D eigenvalue weighted by atomic mass is 35.5. The Kier molecular flexibility index (Phi) is 4.05. The lowest BCUT2D eigenvalue weighted by Gasteiger charge is -2.07. The van der Waals surface area contributed by atoms with Gasteiger partial charge in [0.15, 0.2) is 0 Å². The third kappa shape index (κ3) is 3.22. The van der Waals surface area contributed by atoms with Crippen LogP contribution in [0, 0.1) is 5.82 Å². The summed E-state index contributed by atoms with van der Waals surface area (Å²) in [6.45, 7) is 0.435. The molecule has 0 aromatic heterocycles.